The zero-order chi connectivity index (χ0) is 11.8. The summed E-state index contributed by atoms with van der Waals surface area (Å²) in [6.07, 6.45) is 0. The van der Waals surface area contributed by atoms with Crippen molar-refractivity contribution < 1.29 is 5.11 Å². The zero-order valence-electron chi connectivity index (χ0n) is 9.33. The number of benzene rings is 1. The van der Waals surface area contributed by atoms with Gasteiger partial charge in [-0.05, 0) is 31.2 Å². The molecule has 0 aliphatic rings. The highest BCUT2D eigenvalue weighted by Gasteiger charge is 2.10. The average Bonchev–Trinajstić information content (AvgIpc) is 2.75. The first-order valence-corrected chi connectivity index (χ1v) is 5.36. The predicted octanol–water partition coefficient (Wildman–Crippen LogP) is 2.41. The van der Waals surface area contributed by atoms with E-state index in [0.717, 1.165) is 11.3 Å². The van der Waals surface area contributed by atoms with Crippen molar-refractivity contribution in [2.24, 2.45) is 0 Å². The maximum absolute atomic E-state index is 9.77. The number of aromatic nitrogens is 3. The predicted molar refractivity (Wildman–Crippen MR) is 64.8 cm³/mol. The van der Waals surface area contributed by atoms with E-state index < -0.39 is 0 Å². The fraction of sp³-hybridized carbons (Fsp3) is 0.0769. The van der Waals surface area contributed by atoms with Crippen LogP contribution < -0.4 is 0 Å². The van der Waals surface area contributed by atoms with Crippen molar-refractivity contribution in [3.8, 4) is 17.1 Å². The van der Waals surface area contributed by atoms with Gasteiger partial charge in [0.25, 0.3) is 0 Å². The number of hydrogen-bond acceptors (Lipinski definition) is 3. The molecule has 0 radical (unpaired) electrons. The van der Waals surface area contributed by atoms with Crippen LogP contribution >= 0.6 is 0 Å². The van der Waals surface area contributed by atoms with Crippen molar-refractivity contribution in [3.63, 3.8) is 0 Å². The van der Waals surface area contributed by atoms with Crippen LogP contribution in [0.2, 0.25) is 0 Å². The number of hydrogen-bond donors (Lipinski definition) is 1. The van der Waals surface area contributed by atoms with Gasteiger partial charge in [-0.1, -0.05) is 18.2 Å². The summed E-state index contributed by atoms with van der Waals surface area (Å²) in [5.41, 5.74) is 2.44. The standard InChI is InChI=1S/C13H11N3O/c1-9-5-4-8-12-14-13(15-16(9)12)10-6-2-3-7-11(10)17/h2-8,17H,1H3. The Balaban J connectivity index is 2.26. The maximum atomic E-state index is 9.77. The summed E-state index contributed by atoms with van der Waals surface area (Å²) in [6.45, 7) is 1.97. The van der Waals surface area contributed by atoms with Gasteiger partial charge in [0, 0.05) is 5.69 Å². The molecule has 2 heterocycles. The first kappa shape index (κ1) is 9.84. The minimum atomic E-state index is 0.195. The van der Waals surface area contributed by atoms with Gasteiger partial charge in [-0.15, -0.1) is 5.10 Å². The number of para-hydroxylation sites is 1. The van der Waals surface area contributed by atoms with Gasteiger partial charge in [-0.25, -0.2) is 9.50 Å². The molecular formula is C13H11N3O. The Bertz CT molecular complexity index is 688. The lowest BCUT2D eigenvalue weighted by molar-refractivity contribution is 0.477. The molecule has 1 aromatic carbocycles. The molecule has 0 fully saturated rings. The minimum absolute atomic E-state index is 0.195. The van der Waals surface area contributed by atoms with Gasteiger partial charge in [0.1, 0.15) is 5.75 Å². The van der Waals surface area contributed by atoms with Crippen molar-refractivity contribution in [3.05, 3.63) is 48.2 Å². The summed E-state index contributed by atoms with van der Waals surface area (Å²) in [6, 6.07) is 12.9. The minimum Gasteiger partial charge on any atom is -0.507 e. The highest BCUT2D eigenvalue weighted by molar-refractivity contribution is 5.65. The monoisotopic (exact) mass is 225 g/mol. The molecule has 84 valence electrons. The first-order valence-electron chi connectivity index (χ1n) is 5.36. The third kappa shape index (κ3) is 1.54. The topological polar surface area (TPSA) is 50.4 Å². The SMILES string of the molecule is Cc1cccc2nc(-c3ccccc3O)nn12. The molecule has 1 N–H and O–H groups in total. The molecule has 0 spiro atoms. The lowest BCUT2D eigenvalue weighted by Crippen LogP contribution is -1.91. The van der Waals surface area contributed by atoms with Gasteiger partial charge in [0.15, 0.2) is 11.5 Å². The van der Waals surface area contributed by atoms with E-state index in [1.807, 2.05) is 31.2 Å². The van der Waals surface area contributed by atoms with E-state index in [2.05, 4.69) is 10.1 Å². The second-order valence-corrected chi connectivity index (χ2v) is 3.89. The van der Waals surface area contributed by atoms with Crippen molar-refractivity contribution in [1.82, 2.24) is 14.6 Å². The first-order chi connectivity index (χ1) is 8.25. The second kappa shape index (κ2) is 3.59. The summed E-state index contributed by atoms with van der Waals surface area (Å²) < 4.78 is 1.77. The second-order valence-electron chi connectivity index (χ2n) is 3.89. The van der Waals surface area contributed by atoms with Gasteiger partial charge >= 0.3 is 0 Å². The number of pyridine rings is 1. The van der Waals surface area contributed by atoms with Crippen LogP contribution in [0.1, 0.15) is 5.69 Å². The van der Waals surface area contributed by atoms with Crippen LogP contribution in [0.25, 0.3) is 17.0 Å². The van der Waals surface area contributed by atoms with E-state index in [9.17, 15) is 5.11 Å². The smallest absolute Gasteiger partial charge is 0.185 e. The number of phenols is 1. The maximum Gasteiger partial charge on any atom is 0.185 e. The zero-order valence-corrected chi connectivity index (χ0v) is 9.33. The van der Waals surface area contributed by atoms with Crippen LogP contribution in [0.5, 0.6) is 5.75 Å². The highest BCUT2D eigenvalue weighted by Crippen LogP contribution is 2.26. The normalized spacial score (nSPS) is 10.9. The molecule has 4 nitrogen and oxygen atoms in total. The Labute approximate surface area is 98.2 Å². The molecule has 2 aromatic heterocycles. The number of aromatic hydroxyl groups is 1. The fourth-order valence-corrected chi connectivity index (χ4v) is 1.81. The molecule has 0 atom stereocenters. The van der Waals surface area contributed by atoms with Crippen molar-refractivity contribution >= 4 is 5.65 Å². The van der Waals surface area contributed by atoms with Gasteiger partial charge in [0.2, 0.25) is 0 Å². The van der Waals surface area contributed by atoms with Gasteiger partial charge < -0.3 is 5.11 Å². The molecule has 0 unspecified atom stereocenters. The van der Waals surface area contributed by atoms with E-state index in [0.29, 0.717) is 11.4 Å². The molecule has 0 bridgehead atoms. The Morgan fingerprint density at radius 1 is 1.06 bits per heavy atom. The van der Waals surface area contributed by atoms with Crippen LogP contribution in [0.15, 0.2) is 42.5 Å². The number of phenolic OH excluding ortho intramolecular Hbond substituents is 1. The van der Waals surface area contributed by atoms with Crippen LogP contribution in [-0.2, 0) is 0 Å². The van der Waals surface area contributed by atoms with Crippen LogP contribution in [0, 0.1) is 6.92 Å². The number of fused-ring (bicyclic) bond motifs is 1. The van der Waals surface area contributed by atoms with E-state index in [1.165, 1.54) is 0 Å². The lowest BCUT2D eigenvalue weighted by atomic mass is 10.2. The quantitative estimate of drug-likeness (QED) is 0.691. The Morgan fingerprint density at radius 3 is 2.65 bits per heavy atom. The van der Waals surface area contributed by atoms with Gasteiger partial charge in [-0.3, -0.25) is 0 Å². The third-order valence-electron chi connectivity index (χ3n) is 2.69. The van der Waals surface area contributed by atoms with Crippen molar-refractivity contribution in [2.75, 3.05) is 0 Å². The van der Waals surface area contributed by atoms with Crippen LogP contribution in [0.3, 0.4) is 0 Å². The molecule has 3 aromatic rings. The largest absolute Gasteiger partial charge is 0.507 e. The van der Waals surface area contributed by atoms with Crippen molar-refractivity contribution in [1.29, 1.82) is 0 Å². The molecule has 0 saturated carbocycles. The van der Waals surface area contributed by atoms with Crippen LogP contribution in [0.4, 0.5) is 0 Å². The molecule has 0 aliphatic heterocycles. The summed E-state index contributed by atoms with van der Waals surface area (Å²) in [5.74, 6) is 0.735. The third-order valence-corrected chi connectivity index (χ3v) is 2.69. The van der Waals surface area contributed by atoms with Crippen molar-refractivity contribution in [2.45, 2.75) is 6.92 Å². The summed E-state index contributed by atoms with van der Waals surface area (Å²) in [7, 11) is 0. The van der Waals surface area contributed by atoms with E-state index >= 15 is 0 Å². The lowest BCUT2D eigenvalue weighted by Gasteiger charge is -1.97. The summed E-state index contributed by atoms with van der Waals surface area (Å²) >= 11 is 0. The molecule has 0 amide bonds. The Hall–Kier alpha value is -2.36. The summed E-state index contributed by atoms with van der Waals surface area (Å²) in [4.78, 5) is 4.40. The molecular weight excluding hydrogens is 214 g/mol. The molecule has 4 heteroatoms. The highest BCUT2D eigenvalue weighted by atomic mass is 16.3. The molecule has 0 saturated heterocycles. The summed E-state index contributed by atoms with van der Waals surface area (Å²) in [5, 5.41) is 14.2. The van der Waals surface area contributed by atoms with E-state index in [-0.39, 0.29) is 5.75 Å². The Kier molecular flexibility index (Phi) is 2.08. The fourth-order valence-electron chi connectivity index (χ4n) is 1.81. The Morgan fingerprint density at radius 2 is 1.88 bits per heavy atom. The molecule has 3 rings (SSSR count). The van der Waals surface area contributed by atoms with E-state index in [1.54, 1.807) is 22.7 Å². The molecule has 0 aliphatic carbocycles. The van der Waals surface area contributed by atoms with Gasteiger partial charge in [-0.2, -0.15) is 0 Å². The average molecular weight is 225 g/mol. The number of rotatable bonds is 1. The van der Waals surface area contributed by atoms with Crippen LogP contribution in [-0.4, -0.2) is 19.7 Å². The van der Waals surface area contributed by atoms with Gasteiger partial charge in [0.05, 0.1) is 5.56 Å². The number of nitrogens with zero attached hydrogens (tertiary/aromatic N) is 3. The number of aryl methyl sites for hydroxylation is 1. The van der Waals surface area contributed by atoms with E-state index in [4.69, 9.17) is 0 Å². The molecule has 17 heavy (non-hydrogen) atoms.